The van der Waals surface area contributed by atoms with Gasteiger partial charge in [-0.15, -0.1) is 11.3 Å². The summed E-state index contributed by atoms with van der Waals surface area (Å²) in [5.74, 6) is 0. The van der Waals surface area contributed by atoms with Crippen LogP contribution in [0, 0.1) is 10.1 Å². The quantitative estimate of drug-likeness (QED) is 0.445. The Bertz CT molecular complexity index is 1140. The maximum Gasteiger partial charge on any atom is 0.271 e. The van der Waals surface area contributed by atoms with Gasteiger partial charge in [0.2, 0.25) is 0 Å². The lowest BCUT2D eigenvalue weighted by atomic mass is 10.2. The summed E-state index contributed by atoms with van der Waals surface area (Å²) in [4.78, 5) is 12.6. The van der Waals surface area contributed by atoms with Crippen molar-refractivity contribution in [2.24, 2.45) is 0 Å². The molecule has 3 aromatic rings. The molecule has 1 aliphatic rings. The second kappa shape index (κ2) is 7.41. The van der Waals surface area contributed by atoms with Crippen molar-refractivity contribution in [3.8, 4) is 0 Å². The van der Waals surface area contributed by atoms with Gasteiger partial charge in [-0.2, -0.15) is 9.40 Å². The van der Waals surface area contributed by atoms with Gasteiger partial charge in [-0.3, -0.25) is 19.7 Å². The Labute approximate surface area is 169 Å². The average molecular weight is 442 g/mol. The first-order chi connectivity index (χ1) is 13.3. The lowest BCUT2D eigenvalue weighted by Gasteiger charge is -2.33. The average Bonchev–Trinajstić information content (AvgIpc) is 3.29. The van der Waals surface area contributed by atoms with Gasteiger partial charge in [0.1, 0.15) is 4.21 Å². The normalized spacial score (nSPS) is 16.6. The predicted molar refractivity (Wildman–Crippen MR) is 106 cm³/mol. The summed E-state index contributed by atoms with van der Waals surface area (Å²) in [5.41, 5.74) is 0.692. The molecular formula is C16H16ClN5O4S2. The van der Waals surface area contributed by atoms with Crippen LogP contribution in [0.25, 0.3) is 10.9 Å². The number of nitro groups is 1. The first kappa shape index (κ1) is 19.3. The SMILES string of the molecule is O=[N+]([O-])c1ccc2cnn(CN3CCN(S(=O)(=O)c4ccc(Cl)s4)CC3)c2c1. The number of rotatable bonds is 5. The van der Waals surface area contributed by atoms with Crippen molar-refractivity contribution in [3.05, 3.63) is 51.0 Å². The minimum Gasteiger partial charge on any atom is -0.282 e. The lowest BCUT2D eigenvalue weighted by Crippen LogP contribution is -2.48. The van der Waals surface area contributed by atoms with E-state index < -0.39 is 14.9 Å². The zero-order chi connectivity index (χ0) is 19.9. The van der Waals surface area contributed by atoms with E-state index in [2.05, 4.69) is 10.00 Å². The number of nitro benzene ring substituents is 1. The van der Waals surface area contributed by atoms with E-state index in [9.17, 15) is 18.5 Å². The summed E-state index contributed by atoms with van der Waals surface area (Å²) in [7, 11) is -3.53. The van der Waals surface area contributed by atoms with E-state index in [-0.39, 0.29) is 9.90 Å². The van der Waals surface area contributed by atoms with E-state index in [4.69, 9.17) is 11.6 Å². The van der Waals surface area contributed by atoms with Crippen molar-refractivity contribution in [1.29, 1.82) is 0 Å². The van der Waals surface area contributed by atoms with E-state index in [0.29, 0.717) is 42.7 Å². The zero-order valence-electron chi connectivity index (χ0n) is 14.6. The molecule has 0 atom stereocenters. The number of thiophene rings is 1. The summed E-state index contributed by atoms with van der Waals surface area (Å²) in [6, 6.07) is 7.74. The van der Waals surface area contributed by atoms with Crippen LogP contribution in [0.3, 0.4) is 0 Å². The lowest BCUT2D eigenvalue weighted by molar-refractivity contribution is -0.384. The van der Waals surface area contributed by atoms with E-state index >= 15 is 0 Å². The smallest absolute Gasteiger partial charge is 0.271 e. The van der Waals surface area contributed by atoms with Gasteiger partial charge in [0, 0.05) is 43.7 Å². The molecule has 3 heterocycles. The molecule has 148 valence electrons. The van der Waals surface area contributed by atoms with E-state index in [1.165, 1.54) is 22.5 Å². The fraction of sp³-hybridized carbons (Fsp3) is 0.312. The molecule has 2 aromatic heterocycles. The Hall–Kier alpha value is -2.05. The Morgan fingerprint density at radius 3 is 2.57 bits per heavy atom. The van der Waals surface area contributed by atoms with Crippen molar-refractivity contribution in [2.45, 2.75) is 10.9 Å². The molecule has 9 nitrogen and oxygen atoms in total. The zero-order valence-corrected chi connectivity index (χ0v) is 17.0. The molecule has 0 N–H and O–H groups in total. The third-order valence-electron chi connectivity index (χ3n) is 4.65. The second-order valence-corrected chi connectivity index (χ2v) is 10.2. The molecule has 0 radical (unpaired) electrons. The van der Waals surface area contributed by atoms with Gasteiger partial charge in [-0.1, -0.05) is 11.6 Å². The molecule has 0 bridgehead atoms. The van der Waals surface area contributed by atoms with Crippen molar-refractivity contribution in [2.75, 3.05) is 26.2 Å². The number of hydrogen-bond donors (Lipinski definition) is 0. The highest BCUT2D eigenvalue weighted by Crippen LogP contribution is 2.28. The van der Waals surface area contributed by atoms with E-state index in [0.717, 1.165) is 16.7 Å². The van der Waals surface area contributed by atoms with Crippen LogP contribution in [-0.4, -0.2) is 58.5 Å². The van der Waals surface area contributed by atoms with Crippen LogP contribution in [0.5, 0.6) is 0 Å². The van der Waals surface area contributed by atoms with Gasteiger partial charge >= 0.3 is 0 Å². The third kappa shape index (κ3) is 3.63. The maximum atomic E-state index is 12.7. The monoisotopic (exact) mass is 441 g/mol. The van der Waals surface area contributed by atoms with E-state index in [1.807, 2.05) is 0 Å². The fourth-order valence-corrected chi connectivity index (χ4v) is 6.21. The first-order valence-corrected chi connectivity index (χ1v) is 11.1. The molecule has 1 aromatic carbocycles. The van der Waals surface area contributed by atoms with Crippen LogP contribution in [-0.2, 0) is 16.7 Å². The maximum absolute atomic E-state index is 12.7. The molecule has 1 fully saturated rings. The molecule has 1 saturated heterocycles. The molecule has 12 heteroatoms. The Morgan fingerprint density at radius 2 is 1.93 bits per heavy atom. The highest BCUT2D eigenvalue weighted by atomic mass is 35.5. The van der Waals surface area contributed by atoms with Gasteiger partial charge in [-0.25, -0.2) is 8.42 Å². The Kier molecular flexibility index (Phi) is 5.10. The van der Waals surface area contributed by atoms with E-state index in [1.54, 1.807) is 23.0 Å². The van der Waals surface area contributed by atoms with Gasteiger partial charge in [0.15, 0.2) is 0 Å². The number of aromatic nitrogens is 2. The number of piperazine rings is 1. The minimum atomic E-state index is -3.53. The standard InChI is InChI=1S/C16H16ClN5O4S2/c17-15-3-4-16(27-15)28(25,26)20-7-5-19(6-8-20)11-21-14-9-13(22(23)24)2-1-12(14)10-18-21/h1-4,9-10H,5-8,11H2. The minimum absolute atomic E-state index is 0.0137. The van der Waals surface area contributed by atoms with Crippen LogP contribution in [0.2, 0.25) is 4.34 Å². The second-order valence-electron chi connectivity index (χ2n) is 6.37. The third-order valence-corrected chi connectivity index (χ3v) is 8.24. The van der Waals surface area contributed by atoms with Crippen molar-refractivity contribution < 1.29 is 13.3 Å². The fourth-order valence-electron chi connectivity index (χ4n) is 3.15. The number of sulfonamides is 1. The number of benzene rings is 1. The molecule has 0 aliphatic carbocycles. The van der Waals surface area contributed by atoms with Crippen LogP contribution < -0.4 is 0 Å². The van der Waals surface area contributed by atoms with Gasteiger partial charge in [-0.05, 0) is 18.2 Å². The number of hydrogen-bond acceptors (Lipinski definition) is 7. The topological polar surface area (TPSA) is 102 Å². The number of non-ortho nitro benzene ring substituents is 1. The molecule has 0 unspecified atom stereocenters. The molecule has 0 saturated carbocycles. The van der Waals surface area contributed by atoms with Gasteiger partial charge in [0.05, 0.1) is 27.6 Å². The highest BCUT2D eigenvalue weighted by molar-refractivity contribution is 7.91. The summed E-state index contributed by atoms with van der Waals surface area (Å²) in [6.07, 6.45) is 1.67. The van der Waals surface area contributed by atoms with Crippen LogP contribution >= 0.6 is 22.9 Å². The summed E-state index contributed by atoms with van der Waals surface area (Å²) in [6.45, 7) is 2.22. The molecule has 1 aliphatic heterocycles. The molecule has 4 rings (SSSR count). The van der Waals surface area contributed by atoms with Crippen LogP contribution in [0.1, 0.15) is 0 Å². The molecule has 0 spiro atoms. The predicted octanol–water partition coefficient (Wildman–Crippen LogP) is 2.62. The van der Waals surface area contributed by atoms with Crippen molar-refractivity contribution >= 4 is 49.6 Å². The number of halogens is 1. The van der Waals surface area contributed by atoms with Gasteiger partial charge in [0.25, 0.3) is 15.7 Å². The summed E-state index contributed by atoms with van der Waals surface area (Å²) < 4.78 is 29.2. The van der Waals surface area contributed by atoms with Gasteiger partial charge < -0.3 is 0 Å². The van der Waals surface area contributed by atoms with Crippen molar-refractivity contribution in [1.82, 2.24) is 19.0 Å². The molecular weight excluding hydrogens is 426 g/mol. The molecule has 28 heavy (non-hydrogen) atoms. The van der Waals surface area contributed by atoms with Crippen LogP contribution in [0.4, 0.5) is 5.69 Å². The highest BCUT2D eigenvalue weighted by Gasteiger charge is 2.29. The largest absolute Gasteiger partial charge is 0.282 e. The number of nitrogens with zero attached hydrogens (tertiary/aromatic N) is 5. The van der Waals surface area contributed by atoms with Crippen molar-refractivity contribution in [3.63, 3.8) is 0 Å². The summed E-state index contributed by atoms with van der Waals surface area (Å²) >= 11 is 6.91. The summed E-state index contributed by atoms with van der Waals surface area (Å²) in [5, 5.41) is 16.1. The first-order valence-electron chi connectivity index (χ1n) is 8.42. The Balaban J connectivity index is 1.46. The number of fused-ring (bicyclic) bond motifs is 1. The van der Waals surface area contributed by atoms with Crippen LogP contribution in [0.15, 0.2) is 40.7 Å². The molecule has 0 amide bonds. The Morgan fingerprint density at radius 1 is 1.18 bits per heavy atom.